The number of carbonyl (C=O) groups excluding carboxylic acids is 1. The van der Waals surface area contributed by atoms with Crippen LogP contribution < -0.4 is 10.9 Å². The number of hydrogen-bond donors (Lipinski definition) is 1. The first-order valence-electron chi connectivity index (χ1n) is 9.86. The third-order valence-electron chi connectivity index (χ3n) is 5.44. The van der Waals surface area contributed by atoms with E-state index in [0.29, 0.717) is 16.6 Å². The van der Waals surface area contributed by atoms with Crippen LogP contribution in [-0.4, -0.2) is 31.5 Å². The summed E-state index contributed by atoms with van der Waals surface area (Å²) in [5.74, 6) is -0.159. The lowest BCUT2D eigenvalue weighted by molar-refractivity contribution is -0.122. The zero-order valence-corrected chi connectivity index (χ0v) is 16.3. The fourth-order valence-corrected chi connectivity index (χ4v) is 4.00. The Labute approximate surface area is 163 Å². The number of nitrogens with zero attached hydrogens (tertiary/aromatic N) is 4. The topological polar surface area (TPSA) is 81.8 Å². The number of benzene rings is 1. The molecule has 146 valence electrons. The summed E-state index contributed by atoms with van der Waals surface area (Å²) in [7, 11) is 0. The maximum Gasteiger partial charge on any atom is 0.278 e. The Balaban J connectivity index is 1.67. The van der Waals surface area contributed by atoms with Crippen molar-refractivity contribution in [2.75, 3.05) is 0 Å². The van der Waals surface area contributed by atoms with Crippen LogP contribution >= 0.6 is 0 Å². The van der Waals surface area contributed by atoms with Crippen molar-refractivity contribution in [3.8, 4) is 5.69 Å². The van der Waals surface area contributed by atoms with Gasteiger partial charge in [-0.25, -0.2) is 9.36 Å². The molecule has 1 saturated carbocycles. The van der Waals surface area contributed by atoms with Gasteiger partial charge in [-0.05, 0) is 38.8 Å². The first-order chi connectivity index (χ1) is 13.5. The monoisotopic (exact) mass is 379 g/mol. The lowest BCUT2D eigenvalue weighted by atomic mass is 9.95. The largest absolute Gasteiger partial charge is 0.352 e. The smallest absolute Gasteiger partial charge is 0.278 e. The van der Waals surface area contributed by atoms with Crippen LogP contribution in [0.3, 0.4) is 0 Å². The molecule has 2 heterocycles. The predicted molar refractivity (Wildman–Crippen MR) is 108 cm³/mol. The Morgan fingerprint density at radius 1 is 1.11 bits per heavy atom. The third kappa shape index (κ3) is 3.44. The van der Waals surface area contributed by atoms with Gasteiger partial charge in [0, 0.05) is 6.04 Å². The van der Waals surface area contributed by atoms with Crippen molar-refractivity contribution in [3.63, 3.8) is 0 Å². The molecule has 1 aromatic carbocycles. The fourth-order valence-electron chi connectivity index (χ4n) is 4.00. The molecule has 3 aromatic rings. The first-order valence-corrected chi connectivity index (χ1v) is 9.86. The van der Waals surface area contributed by atoms with E-state index < -0.39 is 0 Å². The summed E-state index contributed by atoms with van der Waals surface area (Å²) in [5, 5.41) is 12.5. The molecule has 0 atom stereocenters. The average molecular weight is 379 g/mol. The summed E-state index contributed by atoms with van der Waals surface area (Å²) in [6.07, 6.45) is 5.54. The molecule has 0 bridgehead atoms. The van der Waals surface area contributed by atoms with Crippen LogP contribution in [0.25, 0.3) is 16.6 Å². The molecule has 1 N–H and O–H groups in total. The molecule has 7 heteroatoms. The summed E-state index contributed by atoms with van der Waals surface area (Å²) in [6.45, 7) is 3.62. The van der Waals surface area contributed by atoms with Crippen molar-refractivity contribution in [2.24, 2.45) is 0 Å². The zero-order chi connectivity index (χ0) is 19.7. The highest BCUT2D eigenvalue weighted by Gasteiger charge is 2.20. The van der Waals surface area contributed by atoms with Gasteiger partial charge >= 0.3 is 0 Å². The summed E-state index contributed by atoms with van der Waals surface area (Å²) in [6, 6.07) is 9.90. The van der Waals surface area contributed by atoms with Crippen LogP contribution in [0.4, 0.5) is 0 Å². The number of carbonyl (C=O) groups is 1. The van der Waals surface area contributed by atoms with Crippen molar-refractivity contribution in [3.05, 3.63) is 52.1 Å². The van der Waals surface area contributed by atoms with E-state index in [1.54, 1.807) is 4.68 Å². The van der Waals surface area contributed by atoms with E-state index in [2.05, 4.69) is 15.5 Å². The maximum absolute atomic E-state index is 13.0. The molecular weight excluding hydrogens is 354 g/mol. The second-order valence-corrected chi connectivity index (χ2v) is 7.51. The third-order valence-corrected chi connectivity index (χ3v) is 5.44. The molecule has 0 spiro atoms. The zero-order valence-electron chi connectivity index (χ0n) is 16.3. The molecule has 0 radical (unpaired) electrons. The number of hydrogen-bond acceptors (Lipinski definition) is 4. The van der Waals surface area contributed by atoms with Crippen LogP contribution in [0, 0.1) is 13.8 Å². The normalized spacial score (nSPS) is 15.1. The highest BCUT2D eigenvalue weighted by Crippen LogP contribution is 2.20. The van der Waals surface area contributed by atoms with Crippen LogP contribution in [0.5, 0.6) is 0 Å². The summed E-state index contributed by atoms with van der Waals surface area (Å²) >= 11 is 0. The molecule has 1 aliphatic rings. The van der Waals surface area contributed by atoms with Gasteiger partial charge in [0.25, 0.3) is 5.56 Å². The van der Waals surface area contributed by atoms with E-state index >= 15 is 0 Å². The Morgan fingerprint density at radius 2 is 1.82 bits per heavy atom. The van der Waals surface area contributed by atoms with Gasteiger partial charge in [-0.15, -0.1) is 0 Å². The van der Waals surface area contributed by atoms with E-state index in [0.717, 1.165) is 37.1 Å². The minimum Gasteiger partial charge on any atom is -0.352 e. The summed E-state index contributed by atoms with van der Waals surface area (Å²) in [4.78, 5) is 25.5. The first kappa shape index (κ1) is 18.4. The summed E-state index contributed by atoms with van der Waals surface area (Å²) < 4.78 is 3.02. The number of rotatable bonds is 4. The second kappa shape index (κ2) is 7.58. The standard InChI is InChI=1S/C21H25N5O2/c1-14-20-19(15(2)26(24-20)17-11-7-4-8-12-17)21(28)25(23-14)13-18(27)22-16-9-5-3-6-10-16/h4,7-8,11-12,16H,3,5-6,9-10,13H2,1-2H3,(H,22,27). The highest BCUT2D eigenvalue weighted by atomic mass is 16.2. The van der Waals surface area contributed by atoms with Crippen molar-refractivity contribution >= 4 is 16.8 Å². The van der Waals surface area contributed by atoms with Crippen LogP contribution in [0.15, 0.2) is 35.1 Å². The van der Waals surface area contributed by atoms with E-state index in [1.807, 2.05) is 44.2 Å². The van der Waals surface area contributed by atoms with E-state index in [9.17, 15) is 9.59 Å². The molecule has 0 aliphatic heterocycles. The molecule has 7 nitrogen and oxygen atoms in total. The Morgan fingerprint density at radius 3 is 2.54 bits per heavy atom. The van der Waals surface area contributed by atoms with E-state index in [4.69, 9.17) is 0 Å². The number of nitrogens with one attached hydrogen (secondary N) is 1. The molecular formula is C21H25N5O2. The molecule has 28 heavy (non-hydrogen) atoms. The Hall–Kier alpha value is -2.96. The van der Waals surface area contributed by atoms with Crippen LogP contribution in [0.1, 0.15) is 43.5 Å². The molecule has 0 saturated heterocycles. The summed E-state index contributed by atoms with van der Waals surface area (Å²) in [5.41, 5.74) is 2.57. The molecule has 4 rings (SSSR count). The van der Waals surface area contributed by atoms with E-state index in [-0.39, 0.29) is 24.1 Å². The average Bonchev–Trinajstić information content (AvgIpc) is 3.05. The number of aryl methyl sites for hydroxylation is 2. The number of fused-ring (bicyclic) bond motifs is 1. The lowest BCUT2D eigenvalue weighted by Gasteiger charge is -2.22. The minimum absolute atomic E-state index is 0.0674. The highest BCUT2D eigenvalue weighted by molar-refractivity contribution is 5.83. The molecule has 1 amide bonds. The van der Waals surface area contributed by atoms with Crippen LogP contribution in [0.2, 0.25) is 0 Å². The van der Waals surface area contributed by atoms with Gasteiger partial charge in [0.05, 0.1) is 22.5 Å². The Kier molecular flexibility index (Phi) is 4.98. The molecule has 1 fully saturated rings. The molecule has 0 unspecified atom stereocenters. The van der Waals surface area contributed by atoms with Crippen molar-refractivity contribution < 1.29 is 4.79 Å². The maximum atomic E-state index is 13.0. The fraction of sp³-hybridized carbons (Fsp3) is 0.429. The van der Waals surface area contributed by atoms with Gasteiger partial charge in [0.15, 0.2) is 0 Å². The Bertz CT molecular complexity index is 1060. The van der Waals surface area contributed by atoms with E-state index in [1.165, 1.54) is 11.1 Å². The molecule has 1 aliphatic carbocycles. The van der Waals surface area contributed by atoms with Crippen molar-refractivity contribution in [1.29, 1.82) is 0 Å². The minimum atomic E-state index is -0.279. The van der Waals surface area contributed by atoms with Gasteiger partial charge in [0.1, 0.15) is 12.1 Å². The number of amides is 1. The quantitative estimate of drug-likeness (QED) is 0.756. The lowest BCUT2D eigenvalue weighted by Crippen LogP contribution is -2.40. The van der Waals surface area contributed by atoms with Crippen molar-refractivity contribution in [1.82, 2.24) is 24.9 Å². The SMILES string of the molecule is Cc1nn(CC(=O)NC2CCCCC2)c(=O)c2c(C)n(-c3ccccc3)nc12. The van der Waals surface area contributed by atoms with Gasteiger partial charge in [-0.1, -0.05) is 37.5 Å². The predicted octanol–water partition coefficient (Wildman–Crippen LogP) is 2.65. The second-order valence-electron chi connectivity index (χ2n) is 7.51. The van der Waals surface area contributed by atoms with Gasteiger partial charge in [0.2, 0.25) is 5.91 Å². The molecule has 2 aromatic heterocycles. The number of para-hydroxylation sites is 1. The van der Waals surface area contributed by atoms with Crippen molar-refractivity contribution in [2.45, 2.75) is 58.5 Å². The van der Waals surface area contributed by atoms with Crippen LogP contribution in [-0.2, 0) is 11.3 Å². The number of aromatic nitrogens is 4. The van der Waals surface area contributed by atoms with Gasteiger partial charge in [-0.3, -0.25) is 9.59 Å². The van der Waals surface area contributed by atoms with Gasteiger partial charge in [-0.2, -0.15) is 10.2 Å². The van der Waals surface area contributed by atoms with Gasteiger partial charge < -0.3 is 5.32 Å².